The highest BCUT2D eigenvalue weighted by Crippen LogP contribution is 2.39. The van der Waals surface area contributed by atoms with Gasteiger partial charge in [0.25, 0.3) is 0 Å². The van der Waals surface area contributed by atoms with Crippen molar-refractivity contribution in [2.24, 2.45) is 0 Å². The highest BCUT2D eigenvalue weighted by atomic mass is 35.5. The molecule has 174 valence electrons. The van der Waals surface area contributed by atoms with Gasteiger partial charge in [-0.3, -0.25) is 4.98 Å². The Hall–Kier alpha value is -2.74. The van der Waals surface area contributed by atoms with Crippen LogP contribution in [-0.2, 0) is 9.47 Å². The molecule has 9 heteroatoms. The summed E-state index contributed by atoms with van der Waals surface area (Å²) in [5.74, 6) is 0.278. The van der Waals surface area contributed by atoms with E-state index in [1.165, 1.54) is 6.20 Å². The van der Waals surface area contributed by atoms with Crippen LogP contribution in [0.25, 0.3) is 10.9 Å². The van der Waals surface area contributed by atoms with Crippen LogP contribution in [0.3, 0.4) is 0 Å². The first-order valence-electron chi connectivity index (χ1n) is 10.8. The van der Waals surface area contributed by atoms with Crippen molar-refractivity contribution in [2.75, 3.05) is 49.7 Å². The average Bonchev–Trinajstić information content (AvgIpc) is 2.82. The van der Waals surface area contributed by atoms with Crippen molar-refractivity contribution in [1.29, 1.82) is 0 Å². The van der Waals surface area contributed by atoms with Crippen LogP contribution in [0, 0.1) is 0 Å². The Bertz CT molecular complexity index is 1170. The Labute approximate surface area is 202 Å². The minimum Gasteiger partial charge on any atom is -0.492 e. The second kappa shape index (κ2) is 10.5. The fourth-order valence-electron chi connectivity index (χ4n) is 3.75. The summed E-state index contributed by atoms with van der Waals surface area (Å²) in [6.07, 6.45) is 1.52. The number of aromatic nitrogens is 1. The van der Waals surface area contributed by atoms with Gasteiger partial charge >= 0.3 is 5.97 Å². The zero-order valence-corrected chi connectivity index (χ0v) is 20.0. The molecule has 0 atom stereocenters. The summed E-state index contributed by atoms with van der Waals surface area (Å²) >= 11 is 12.3. The number of morpholine rings is 1. The lowest BCUT2D eigenvalue weighted by Gasteiger charge is -2.30. The summed E-state index contributed by atoms with van der Waals surface area (Å²) in [7, 11) is 0. The maximum atomic E-state index is 12.8. The summed E-state index contributed by atoms with van der Waals surface area (Å²) in [6.45, 7) is 7.26. The van der Waals surface area contributed by atoms with Crippen LogP contribution in [-0.4, -0.2) is 50.5 Å². The Morgan fingerprint density at radius 1 is 1.12 bits per heavy atom. The third kappa shape index (κ3) is 5.11. The molecule has 0 unspecified atom stereocenters. The van der Waals surface area contributed by atoms with E-state index in [9.17, 15) is 4.79 Å². The summed E-state index contributed by atoms with van der Waals surface area (Å²) in [4.78, 5) is 19.5. The van der Waals surface area contributed by atoms with Gasteiger partial charge in [0.15, 0.2) is 0 Å². The summed E-state index contributed by atoms with van der Waals surface area (Å²) in [5.41, 5.74) is 3.20. The van der Waals surface area contributed by atoms with Gasteiger partial charge in [-0.25, -0.2) is 4.79 Å². The predicted octanol–water partition coefficient (Wildman–Crippen LogP) is 5.70. The van der Waals surface area contributed by atoms with E-state index in [2.05, 4.69) is 15.2 Å². The molecule has 1 N–H and O–H groups in total. The Morgan fingerprint density at radius 2 is 1.91 bits per heavy atom. The molecule has 3 aromatic rings. The zero-order valence-electron chi connectivity index (χ0n) is 18.5. The molecular weight excluding hydrogens is 465 g/mol. The number of ether oxygens (including phenoxy) is 3. The van der Waals surface area contributed by atoms with Crippen molar-refractivity contribution in [1.82, 2.24) is 4.98 Å². The lowest BCUT2D eigenvalue weighted by molar-refractivity contribution is 0.0527. The summed E-state index contributed by atoms with van der Waals surface area (Å²) in [6, 6.07) is 9.11. The number of anilines is 3. The Balaban J connectivity index is 1.90. The quantitative estimate of drug-likeness (QED) is 0.426. The first-order valence-corrected chi connectivity index (χ1v) is 11.6. The lowest BCUT2D eigenvalue weighted by atomic mass is 10.1. The normalized spacial score (nSPS) is 13.8. The number of fused-ring (bicyclic) bond motifs is 1. The van der Waals surface area contributed by atoms with Crippen molar-refractivity contribution >= 4 is 57.1 Å². The van der Waals surface area contributed by atoms with Crippen LogP contribution in [0.5, 0.6) is 5.75 Å². The molecule has 4 rings (SSSR count). The van der Waals surface area contributed by atoms with Crippen LogP contribution in [0.4, 0.5) is 17.1 Å². The van der Waals surface area contributed by atoms with Crippen molar-refractivity contribution in [3.8, 4) is 5.75 Å². The van der Waals surface area contributed by atoms with Gasteiger partial charge in [-0.15, -0.1) is 0 Å². The van der Waals surface area contributed by atoms with Gasteiger partial charge in [0.1, 0.15) is 11.3 Å². The molecule has 0 aliphatic carbocycles. The molecule has 1 aliphatic rings. The molecule has 0 bridgehead atoms. The minimum atomic E-state index is -0.462. The number of halogens is 2. The molecule has 0 spiro atoms. The molecule has 1 saturated heterocycles. The van der Waals surface area contributed by atoms with Crippen LogP contribution in [0.15, 0.2) is 36.5 Å². The van der Waals surface area contributed by atoms with E-state index >= 15 is 0 Å². The standard InChI is InChI=1S/C24H25Cl2N3O4/c1-3-32-22-13-20-16(12-21(22)29-7-9-31-10-8-29)23(17(14-27-20)24(30)33-4-2)28-15-5-6-18(25)19(26)11-15/h5-6,11-14H,3-4,7-10H2,1-2H3,(H,27,28). The van der Waals surface area contributed by atoms with Gasteiger partial charge < -0.3 is 24.4 Å². The molecule has 0 amide bonds. The third-order valence-electron chi connectivity index (χ3n) is 5.28. The van der Waals surface area contributed by atoms with Crippen LogP contribution in [0.1, 0.15) is 24.2 Å². The maximum absolute atomic E-state index is 12.8. The van der Waals surface area contributed by atoms with E-state index in [1.54, 1.807) is 25.1 Å². The first kappa shape index (κ1) is 23.4. The Morgan fingerprint density at radius 3 is 2.61 bits per heavy atom. The minimum absolute atomic E-state index is 0.255. The van der Waals surface area contributed by atoms with Crippen LogP contribution >= 0.6 is 23.2 Å². The molecule has 0 radical (unpaired) electrons. The highest BCUT2D eigenvalue weighted by Gasteiger charge is 2.22. The largest absolute Gasteiger partial charge is 0.492 e. The van der Waals surface area contributed by atoms with E-state index in [0.29, 0.717) is 52.3 Å². The predicted molar refractivity (Wildman–Crippen MR) is 132 cm³/mol. The average molecular weight is 490 g/mol. The third-order valence-corrected chi connectivity index (χ3v) is 6.02. The fourth-order valence-corrected chi connectivity index (χ4v) is 4.05. The molecule has 7 nitrogen and oxygen atoms in total. The Kier molecular flexibility index (Phi) is 7.42. The zero-order chi connectivity index (χ0) is 23.4. The molecule has 0 saturated carbocycles. The highest BCUT2D eigenvalue weighted by molar-refractivity contribution is 6.42. The SMILES string of the molecule is CCOC(=O)c1cnc2cc(OCC)c(N3CCOCC3)cc2c1Nc1ccc(Cl)c(Cl)c1. The summed E-state index contributed by atoms with van der Waals surface area (Å²) < 4.78 is 16.7. The van der Waals surface area contributed by atoms with Crippen molar-refractivity contribution in [3.05, 3.63) is 52.1 Å². The number of carbonyl (C=O) groups is 1. The molecule has 1 aromatic heterocycles. The number of hydrogen-bond acceptors (Lipinski definition) is 7. The van der Waals surface area contributed by atoms with Gasteiger partial charge in [-0.2, -0.15) is 0 Å². The number of rotatable bonds is 7. The van der Waals surface area contributed by atoms with Crippen molar-refractivity contribution in [3.63, 3.8) is 0 Å². The second-order valence-electron chi connectivity index (χ2n) is 7.39. The second-order valence-corrected chi connectivity index (χ2v) is 8.21. The van der Waals surface area contributed by atoms with Gasteiger partial charge in [-0.05, 0) is 38.1 Å². The maximum Gasteiger partial charge on any atom is 0.341 e. The molecule has 2 aromatic carbocycles. The lowest BCUT2D eigenvalue weighted by Crippen LogP contribution is -2.36. The van der Waals surface area contributed by atoms with E-state index in [-0.39, 0.29) is 6.61 Å². The van der Waals surface area contributed by atoms with E-state index in [1.807, 2.05) is 19.1 Å². The number of hydrogen-bond donors (Lipinski definition) is 1. The first-order chi connectivity index (χ1) is 16.0. The van der Waals surface area contributed by atoms with Gasteiger partial charge in [-0.1, -0.05) is 23.2 Å². The molecule has 33 heavy (non-hydrogen) atoms. The fraction of sp³-hybridized carbons (Fsp3) is 0.333. The number of nitrogens with zero attached hydrogens (tertiary/aromatic N) is 2. The number of esters is 1. The van der Waals surface area contributed by atoms with Gasteiger partial charge in [0, 0.05) is 36.4 Å². The van der Waals surface area contributed by atoms with Crippen molar-refractivity contribution in [2.45, 2.75) is 13.8 Å². The van der Waals surface area contributed by atoms with E-state index < -0.39 is 5.97 Å². The number of pyridine rings is 1. The molecular formula is C24H25Cl2N3O4. The smallest absolute Gasteiger partial charge is 0.341 e. The molecule has 1 aliphatic heterocycles. The van der Waals surface area contributed by atoms with Crippen LogP contribution < -0.4 is 15.0 Å². The van der Waals surface area contributed by atoms with Crippen molar-refractivity contribution < 1.29 is 19.0 Å². The number of nitrogens with one attached hydrogen (secondary N) is 1. The van der Waals surface area contributed by atoms with Gasteiger partial charge in [0.2, 0.25) is 0 Å². The monoisotopic (exact) mass is 489 g/mol. The number of carbonyl (C=O) groups excluding carboxylic acids is 1. The molecule has 2 heterocycles. The number of benzene rings is 2. The van der Waals surface area contributed by atoms with E-state index in [0.717, 1.165) is 29.9 Å². The molecule has 1 fully saturated rings. The van der Waals surface area contributed by atoms with Gasteiger partial charge in [0.05, 0.1) is 53.4 Å². The summed E-state index contributed by atoms with van der Waals surface area (Å²) in [5, 5.41) is 4.95. The van der Waals surface area contributed by atoms with Crippen LogP contribution in [0.2, 0.25) is 10.0 Å². The van der Waals surface area contributed by atoms with E-state index in [4.69, 9.17) is 37.4 Å². The topological polar surface area (TPSA) is 72.9 Å².